The van der Waals surface area contributed by atoms with Crippen LogP contribution in [0.15, 0.2) is 60.8 Å². The second-order valence-electron chi connectivity index (χ2n) is 6.92. The van der Waals surface area contributed by atoms with E-state index in [1.165, 1.54) is 5.56 Å². The van der Waals surface area contributed by atoms with Gasteiger partial charge < -0.3 is 19.5 Å². The van der Waals surface area contributed by atoms with Crippen LogP contribution in [-0.4, -0.2) is 25.2 Å². The molecule has 0 aliphatic heterocycles. The number of nitrogens with one attached hydrogen (secondary N) is 1. The van der Waals surface area contributed by atoms with Gasteiger partial charge in [0, 0.05) is 29.9 Å². The van der Waals surface area contributed by atoms with E-state index in [9.17, 15) is 0 Å². The lowest BCUT2D eigenvalue weighted by molar-refractivity contribution is 0.284. The van der Waals surface area contributed by atoms with Crippen molar-refractivity contribution in [3.63, 3.8) is 0 Å². The van der Waals surface area contributed by atoms with E-state index in [4.69, 9.17) is 25.8 Å². The van der Waals surface area contributed by atoms with Gasteiger partial charge in [0.25, 0.3) is 0 Å². The molecule has 1 heterocycles. The zero-order valence-electron chi connectivity index (χ0n) is 17.4. The van der Waals surface area contributed by atoms with Gasteiger partial charge in [-0.3, -0.25) is 0 Å². The molecule has 0 radical (unpaired) electrons. The standard InChI is InChI=1S/C24H27ClN2O3/c1-18-7-5-8-19(13-18)17-30-23-15-21(25)20(14-22(23)28-2)16-26-10-6-12-29-24-9-3-4-11-27-24/h3-5,7-9,11,13-15,26H,6,10,12,16-17H2,1-2H3. The third-order valence-corrected chi connectivity index (χ3v) is 4.86. The van der Waals surface area contributed by atoms with Crippen LogP contribution < -0.4 is 19.5 Å². The van der Waals surface area contributed by atoms with Crippen LogP contribution in [0.25, 0.3) is 0 Å². The minimum Gasteiger partial charge on any atom is -0.493 e. The molecule has 0 bridgehead atoms. The van der Waals surface area contributed by atoms with Crippen LogP contribution >= 0.6 is 11.6 Å². The van der Waals surface area contributed by atoms with E-state index >= 15 is 0 Å². The van der Waals surface area contributed by atoms with Gasteiger partial charge in [-0.05, 0) is 43.1 Å². The van der Waals surface area contributed by atoms with Gasteiger partial charge in [-0.15, -0.1) is 0 Å². The van der Waals surface area contributed by atoms with Crippen LogP contribution in [0.4, 0.5) is 0 Å². The third kappa shape index (κ3) is 6.65. The largest absolute Gasteiger partial charge is 0.493 e. The highest BCUT2D eigenvalue weighted by molar-refractivity contribution is 6.31. The van der Waals surface area contributed by atoms with Crippen molar-refractivity contribution in [2.45, 2.75) is 26.5 Å². The van der Waals surface area contributed by atoms with Crippen molar-refractivity contribution in [1.29, 1.82) is 0 Å². The molecule has 0 amide bonds. The summed E-state index contributed by atoms with van der Waals surface area (Å²) in [6.07, 6.45) is 2.58. The average molecular weight is 427 g/mol. The summed E-state index contributed by atoms with van der Waals surface area (Å²) >= 11 is 6.48. The van der Waals surface area contributed by atoms with E-state index in [1.807, 2.05) is 42.5 Å². The number of benzene rings is 2. The monoisotopic (exact) mass is 426 g/mol. The average Bonchev–Trinajstić information content (AvgIpc) is 2.76. The highest BCUT2D eigenvalue weighted by atomic mass is 35.5. The van der Waals surface area contributed by atoms with E-state index in [0.29, 0.717) is 42.2 Å². The van der Waals surface area contributed by atoms with Gasteiger partial charge in [0.1, 0.15) is 6.61 Å². The second-order valence-corrected chi connectivity index (χ2v) is 7.33. The molecule has 0 aliphatic rings. The van der Waals surface area contributed by atoms with Gasteiger partial charge in [-0.25, -0.2) is 4.98 Å². The van der Waals surface area contributed by atoms with E-state index in [-0.39, 0.29) is 0 Å². The Balaban J connectivity index is 1.48. The molecule has 5 nitrogen and oxygen atoms in total. The van der Waals surface area contributed by atoms with Gasteiger partial charge in [-0.1, -0.05) is 47.5 Å². The topological polar surface area (TPSA) is 52.6 Å². The van der Waals surface area contributed by atoms with Crippen LogP contribution in [0.1, 0.15) is 23.1 Å². The number of halogens is 1. The number of hydrogen-bond acceptors (Lipinski definition) is 5. The summed E-state index contributed by atoms with van der Waals surface area (Å²) in [5, 5.41) is 4.03. The summed E-state index contributed by atoms with van der Waals surface area (Å²) in [5.74, 6) is 1.95. The van der Waals surface area contributed by atoms with Crippen molar-refractivity contribution in [2.24, 2.45) is 0 Å². The molecule has 0 atom stereocenters. The normalized spacial score (nSPS) is 10.6. The molecule has 30 heavy (non-hydrogen) atoms. The molecule has 0 saturated heterocycles. The maximum Gasteiger partial charge on any atom is 0.213 e. The molecule has 1 N–H and O–H groups in total. The molecule has 0 spiro atoms. The van der Waals surface area contributed by atoms with Crippen molar-refractivity contribution >= 4 is 11.6 Å². The van der Waals surface area contributed by atoms with Gasteiger partial charge in [0.15, 0.2) is 11.5 Å². The van der Waals surface area contributed by atoms with Crippen LogP contribution in [0.3, 0.4) is 0 Å². The van der Waals surface area contributed by atoms with Crippen molar-refractivity contribution in [2.75, 3.05) is 20.3 Å². The van der Waals surface area contributed by atoms with Crippen molar-refractivity contribution in [3.05, 3.63) is 82.5 Å². The van der Waals surface area contributed by atoms with E-state index < -0.39 is 0 Å². The first-order chi connectivity index (χ1) is 14.7. The predicted molar refractivity (Wildman–Crippen MR) is 120 cm³/mol. The number of pyridine rings is 1. The van der Waals surface area contributed by atoms with Gasteiger partial charge >= 0.3 is 0 Å². The molecule has 3 rings (SSSR count). The number of aryl methyl sites for hydroxylation is 1. The Hall–Kier alpha value is -2.76. The summed E-state index contributed by atoms with van der Waals surface area (Å²) < 4.78 is 17.1. The number of aromatic nitrogens is 1. The Bertz CT molecular complexity index is 935. The SMILES string of the molecule is COc1cc(CNCCCOc2ccccn2)c(Cl)cc1OCc1cccc(C)c1. The Morgan fingerprint density at radius 2 is 1.90 bits per heavy atom. The lowest BCUT2D eigenvalue weighted by Crippen LogP contribution is -2.17. The highest BCUT2D eigenvalue weighted by Gasteiger charge is 2.11. The molecular weight excluding hydrogens is 400 g/mol. The third-order valence-electron chi connectivity index (χ3n) is 4.51. The van der Waals surface area contributed by atoms with E-state index in [2.05, 4.69) is 29.4 Å². The molecule has 158 valence electrons. The Morgan fingerprint density at radius 1 is 1.00 bits per heavy atom. The fourth-order valence-corrected chi connectivity index (χ4v) is 3.20. The van der Waals surface area contributed by atoms with E-state index in [0.717, 1.165) is 24.1 Å². The first kappa shape index (κ1) is 21.9. The smallest absolute Gasteiger partial charge is 0.213 e. The van der Waals surface area contributed by atoms with Crippen LogP contribution in [-0.2, 0) is 13.2 Å². The van der Waals surface area contributed by atoms with Crippen molar-refractivity contribution in [3.8, 4) is 17.4 Å². The van der Waals surface area contributed by atoms with Crippen molar-refractivity contribution in [1.82, 2.24) is 10.3 Å². The second kappa shape index (κ2) is 11.4. The zero-order valence-corrected chi connectivity index (χ0v) is 18.1. The molecule has 0 unspecified atom stereocenters. The quantitative estimate of drug-likeness (QED) is 0.427. The van der Waals surface area contributed by atoms with Crippen molar-refractivity contribution < 1.29 is 14.2 Å². The Labute approximate surface area is 183 Å². The molecular formula is C24H27ClN2O3. The summed E-state index contributed by atoms with van der Waals surface area (Å²) in [6.45, 7) is 4.57. The summed E-state index contributed by atoms with van der Waals surface area (Å²) in [6, 6.07) is 17.6. The van der Waals surface area contributed by atoms with Gasteiger partial charge in [0.05, 0.1) is 13.7 Å². The van der Waals surface area contributed by atoms with Gasteiger partial charge in [-0.2, -0.15) is 0 Å². The number of rotatable bonds is 11. The molecule has 3 aromatic rings. The molecule has 2 aromatic carbocycles. The molecule has 1 aromatic heterocycles. The van der Waals surface area contributed by atoms with Crippen LogP contribution in [0.2, 0.25) is 5.02 Å². The number of nitrogens with zero attached hydrogens (tertiary/aromatic N) is 1. The fraction of sp³-hybridized carbons (Fsp3) is 0.292. The zero-order chi connectivity index (χ0) is 21.2. The maximum absolute atomic E-state index is 6.48. The van der Waals surface area contributed by atoms with Gasteiger partial charge in [0.2, 0.25) is 5.88 Å². The number of hydrogen-bond donors (Lipinski definition) is 1. The molecule has 0 saturated carbocycles. The number of ether oxygens (including phenoxy) is 3. The maximum atomic E-state index is 6.48. The lowest BCUT2D eigenvalue weighted by Gasteiger charge is -2.14. The van der Waals surface area contributed by atoms with Crippen LogP contribution in [0.5, 0.6) is 17.4 Å². The molecule has 6 heteroatoms. The van der Waals surface area contributed by atoms with E-state index in [1.54, 1.807) is 13.3 Å². The predicted octanol–water partition coefficient (Wildman–Crippen LogP) is 5.19. The summed E-state index contributed by atoms with van der Waals surface area (Å²) in [5.41, 5.74) is 3.27. The summed E-state index contributed by atoms with van der Waals surface area (Å²) in [4.78, 5) is 4.14. The van der Waals surface area contributed by atoms with Crippen LogP contribution in [0, 0.1) is 6.92 Å². The Kier molecular flexibility index (Phi) is 8.36. The number of methoxy groups -OCH3 is 1. The molecule has 0 aliphatic carbocycles. The first-order valence-electron chi connectivity index (χ1n) is 9.95. The highest BCUT2D eigenvalue weighted by Crippen LogP contribution is 2.34. The minimum absolute atomic E-state index is 0.461. The first-order valence-corrected chi connectivity index (χ1v) is 10.3. The lowest BCUT2D eigenvalue weighted by atomic mass is 10.1. The minimum atomic E-state index is 0.461. The Morgan fingerprint density at radius 3 is 2.67 bits per heavy atom. The molecule has 0 fully saturated rings. The summed E-state index contributed by atoms with van der Waals surface area (Å²) in [7, 11) is 1.63. The fourth-order valence-electron chi connectivity index (χ4n) is 2.98.